The first-order chi connectivity index (χ1) is 7.16. The van der Waals surface area contributed by atoms with Crippen LogP contribution >= 0.6 is 12.2 Å². The molecule has 2 aromatic rings. The lowest BCUT2D eigenvalue weighted by Gasteiger charge is -2.01. The van der Waals surface area contributed by atoms with E-state index in [4.69, 9.17) is 12.2 Å². The summed E-state index contributed by atoms with van der Waals surface area (Å²) >= 11 is 4.69. The average molecular weight is 223 g/mol. The molecule has 0 aliphatic carbocycles. The molecule has 1 aromatic carbocycles. The Kier molecular flexibility index (Phi) is 2.60. The lowest BCUT2D eigenvalue weighted by Crippen LogP contribution is -1.85. The van der Waals surface area contributed by atoms with Gasteiger partial charge in [0.1, 0.15) is 10.5 Å². The molecule has 1 N–H and O–H groups in total. The van der Waals surface area contributed by atoms with E-state index in [1.807, 2.05) is 0 Å². The Morgan fingerprint density at radius 3 is 2.27 bits per heavy atom. The number of aromatic amines is 1. The zero-order valence-corrected chi connectivity index (χ0v) is 8.44. The zero-order valence-electron chi connectivity index (χ0n) is 7.63. The molecule has 0 radical (unpaired) electrons. The number of hydrogen-bond donors (Lipinski definition) is 1. The van der Waals surface area contributed by atoms with E-state index in [0.717, 1.165) is 5.56 Å². The Balaban J connectivity index is 2.50. The third-order valence-corrected chi connectivity index (χ3v) is 2.35. The highest BCUT2D eigenvalue weighted by molar-refractivity contribution is 7.71. The Labute approximate surface area is 90.4 Å². The summed E-state index contributed by atoms with van der Waals surface area (Å²) in [4.78, 5) is 2.63. The minimum Gasteiger partial charge on any atom is -0.350 e. The summed E-state index contributed by atoms with van der Waals surface area (Å²) < 4.78 is 25.9. The molecule has 1 nitrogen and oxygen atoms in total. The molecule has 0 saturated carbocycles. The van der Waals surface area contributed by atoms with Gasteiger partial charge in [-0.15, -0.1) is 0 Å². The standard InChI is InChI=1S/C11H7F2NS/c12-9-3-1-7(2-4-9)8-5-10(13)11(15)14-6-8/h1-6H,(H,14,15). The molecular weight excluding hydrogens is 216 g/mol. The van der Waals surface area contributed by atoms with Gasteiger partial charge in [0, 0.05) is 11.8 Å². The number of halogens is 2. The second-order valence-electron chi connectivity index (χ2n) is 3.07. The molecule has 4 heteroatoms. The second kappa shape index (κ2) is 3.90. The van der Waals surface area contributed by atoms with E-state index < -0.39 is 5.82 Å². The van der Waals surface area contributed by atoms with Crippen molar-refractivity contribution in [2.45, 2.75) is 0 Å². The fraction of sp³-hybridized carbons (Fsp3) is 0. The van der Waals surface area contributed by atoms with Crippen LogP contribution in [0.4, 0.5) is 8.78 Å². The summed E-state index contributed by atoms with van der Waals surface area (Å²) in [7, 11) is 0. The molecular formula is C11H7F2NS. The molecule has 0 amide bonds. The smallest absolute Gasteiger partial charge is 0.158 e. The number of benzene rings is 1. The maximum atomic E-state index is 13.1. The molecule has 76 valence electrons. The van der Waals surface area contributed by atoms with Crippen molar-refractivity contribution >= 4 is 12.2 Å². The number of H-pyrrole nitrogens is 1. The second-order valence-corrected chi connectivity index (χ2v) is 3.48. The minimum absolute atomic E-state index is 0.0702. The van der Waals surface area contributed by atoms with Crippen molar-refractivity contribution < 1.29 is 8.78 Å². The molecule has 2 rings (SSSR count). The summed E-state index contributed by atoms with van der Waals surface area (Å²) in [5, 5.41) is 0. The monoisotopic (exact) mass is 223 g/mol. The third kappa shape index (κ3) is 2.10. The van der Waals surface area contributed by atoms with E-state index in [0.29, 0.717) is 5.56 Å². The summed E-state index contributed by atoms with van der Waals surface area (Å²) in [6.45, 7) is 0. The normalized spacial score (nSPS) is 10.3. The number of rotatable bonds is 1. The zero-order chi connectivity index (χ0) is 10.8. The highest BCUT2D eigenvalue weighted by Gasteiger charge is 2.00. The molecule has 1 aromatic heterocycles. The molecule has 0 atom stereocenters. The maximum Gasteiger partial charge on any atom is 0.158 e. The highest BCUT2D eigenvalue weighted by Crippen LogP contribution is 2.19. The number of hydrogen-bond acceptors (Lipinski definition) is 1. The van der Waals surface area contributed by atoms with Gasteiger partial charge in [0.05, 0.1) is 0 Å². The van der Waals surface area contributed by atoms with Crippen LogP contribution in [0, 0.1) is 16.3 Å². The van der Waals surface area contributed by atoms with Crippen molar-refractivity contribution in [3.63, 3.8) is 0 Å². The topological polar surface area (TPSA) is 15.8 Å². The van der Waals surface area contributed by atoms with Crippen molar-refractivity contribution in [2.24, 2.45) is 0 Å². The van der Waals surface area contributed by atoms with Gasteiger partial charge >= 0.3 is 0 Å². The molecule has 15 heavy (non-hydrogen) atoms. The van der Waals surface area contributed by atoms with Gasteiger partial charge in [-0.2, -0.15) is 0 Å². The third-order valence-electron chi connectivity index (χ3n) is 2.04. The SMILES string of the molecule is Fc1ccc(-c2c[nH]c(=S)c(F)c2)cc1. The highest BCUT2D eigenvalue weighted by atomic mass is 32.1. The van der Waals surface area contributed by atoms with Crippen LogP contribution in [-0.2, 0) is 0 Å². The minimum atomic E-state index is -0.480. The lowest BCUT2D eigenvalue weighted by molar-refractivity contribution is 0.617. The van der Waals surface area contributed by atoms with E-state index in [2.05, 4.69) is 4.98 Å². The maximum absolute atomic E-state index is 13.1. The lowest BCUT2D eigenvalue weighted by atomic mass is 10.1. The van der Waals surface area contributed by atoms with Crippen molar-refractivity contribution in [3.8, 4) is 11.1 Å². The van der Waals surface area contributed by atoms with E-state index in [9.17, 15) is 8.78 Å². The Hall–Kier alpha value is -1.55. The Morgan fingerprint density at radius 1 is 1.00 bits per heavy atom. The molecule has 0 bridgehead atoms. The van der Waals surface area contributed by atoms with Crippen LogP contribution in [0.15, 0.2) is 36.5 Å². The molecule has 0 aliphatic rings. The fourth-order valence-corrected chi connectivity index (χ4v) is 1.38. The van der Waals surface area contributed by atoms with Gasteiger partial charge in [-0.3, -0.25) is 0 Å². The van der Waals surface area contributed by atoms with Gasteiger partial charge in [-0.1, -0.05) is 24.4 Å². The number of pyridine rings is 1. The van der Waals surface area contributed by atoms with Crippen molar-refractivity contribution in [1.29, 1.82) is 0 Å². The van der Waals surface area contributed by atoms with Crippen LogP contribution in [0.1, 0.15) is 0 Å². The van der Waals surface area contributed by atoms with Crippen molar-refractivity contribution in [3.05, 3.63) is 52.8 Å². The van der Waals surface area contributed by atoms with Crippen molar-refractivity contribution in [2.75, 3.05) is 0 Å². The average Bonchev–Trinajstić information content (AvgIpc) is 2.23. The van der Waals surface area contributed by atoms with Crippen LogP contribution in [0.3, 0.4) is 0 Å². The van der Waals surface area contributed by atoms with Gasteiger partial charge in [-0.05, 0) is 23.8 Å². The van der Waals surface area contributed by atoms with Gasteiger partial charge in [0.15, 0.2) is 5.82 Å². The van der Waals surface area contributed by atoms with E-state index in [-0.39, 0.29) is 10.5 Å². The van der Waals surface area contributed by atoms with Crippen LogP contribution in [0.25, 0.3) is 11.1 Å². The molecule has 1 heterocycles. The van der Waals surface area contributed by atoms with E-state index >= 15 is 0 Å². The number of aromatic nitrogens is 1. The molecule has 0 fully saturated rings. The first-order valence-electron chi connectivity index (χ1n) is 4.31. The van der Waals surface area contributed by atoms with E-state index in [1.165, 1.54) is 18.2 Å². The van der Waals surface area contributed by atoms with Crippen molar-refractivity contribution in [1.82, 2.24) is 4.98 Å². The largest absolute Gasteiger partial charge is 0.350 e. The predicted octanol–water partition coefficient (Wildman–Crippen LogP) is 3.69. The van der Waals surface area contributed by atoms with Gasteiger partial charge < -0.3 is 4.98 Å². The summed E-state index contributed by atoms with van der Waals surface area (Å²) in [5.41, 5.74) is 1.38. The van der Waals surface area contributed by atoms with E-state index in [1.54, 1.807) is 18.3 Å². The summed E-state index contributed by atoms with van der Waals surface area (Å²) in [6, 6.07) is 7.15. The first-order valence-corrected chi connectivity index (χ1v) is 4.72. The van der Waals surface area contributed by atoms with Crippen LogP contribution < -0.4 is 0 Å². The summed E-state index contributed by atoms with van der Waals surface area (Å²) in [5.74, 6) is -0.796. The molecule has 0 aliphatic heterocycles. The van der Waals surface area contributed by atoms with Gasteiger partial charge in [0.25, 0.3) is 0 Å². The fourth-order valence-electron chi connectivity index (χ4n) is 1.26. The quantitative estimate of drug-likeness (QED) is 0.729. The predicted molar refractivity (Wildman–Crippen MR) is 57.0 cm³/mol. The van der Waals surface area contributed by atoms with Gasteiger partial charge in [0.2, 0.25) is 0 Å². The molecule has 0 unspecified atom stereocenters. The Morgan fingerprint density at radius 2 is 1.67 bits per heavy atom. The van der Waals surface area contributed by atoms with Crippen LogP contribution in [0.5, 0.6) is 0 Å². The van der Waals surface area contributed by atoms with Crippen LogP contribution in [0.2, 0.25) is 0 Å². The number of nitrogens with one attached hydrogen (secondary N) is 1. The molecule has 0 spiro atoms. The molecule has 0 saturated heterocycles. The Bertz CT molecular complexity index is 531. The first kappa shape index (κ1) is 9.98. The summed E-state index contributed by atoms with van der Waals surface area (Å²) in [6.07, 6.45) is 1.60. The van der Waals surface area contributed by atoms with Gasteiger partial charge in [-0.25, -0.2) is 8.78 Å². The van der Waals surface area contributed by atoms with Crippen LogP contribution in [-0.4, -0.2) is 4.98 Å².